The highest BCUT2D eigenvalue weighted by Crippen LogP contribution is 2.16. The molecule has 0 radical (unpaired) electrons. The van der Waals surface area contributed by atoms with Crippen molar-refractivity contribution in [2.24, 2.45) is 17.6 Å². The van der Waals surface area contributed by atoms with E-state index < -0.39 is 84.8 Å². The molecule has 4 atom stereocenters. The molecule has 0 aliphatic carbocycles. The normalized spacial score (nSPS) is 15.2. The number of carboxylic acid groups (broad SMARTS) is 2. The molecule has 2 aromatic rings. The van der Waals surface area contributed by atoms with Crippen LogP contribution in [0.1, 0.15) is 63.5 Å². The number of hydrogen-bond donors (Lipinski definition) is 7. The lowest BCUT2D eigenvalue weighted by atomic mass is 9.98. The van der Waals surface area contributed by atoms with Crippen molar-refractivity contribution in [1.29, 1.82) is 0 Å². The fraction of sp³-hybridized carbons (Fsp3) is 0.525. The number of nitrogens with one attached hydrogen (secondary N) is 4. The molecule has 0 bridgehead atoms. The summed E-state index contributed by atoms with van der Waals surface area (Å²) in [6, 6.07) is 13.7. The van der Waals surface area contributed by atoms with Gasteiger partial charge in [0.15, 0.2) is 0 Å². The predicted molar refractivity (Wildman–Crippen MR) is 206 cm³/mol. The summed E-state index contributed by atoms with van der Waals surface area (Å²) in [5.74, 6) is -6.60. The van der Waals surface area contributed by atoms with Gasteiger partial charge in [-0.1, -0.05) is 74.5 Å². The van der Waals surface area contributed by atoms with Crippen LogP contribution in [0.3, 0.4) is 0 Å². The minimum atomic E-state index is -1.32. The number of carboxylic acids is 2. The Bertz CT molecular complexity index is 1590. The molecule has 0 unspecified atom stereocenters. The quantitative estimate of drug-likeness (QED) is 0.0474. The van der Waals surface area contributed by atoms with Gasteiger partial charge in [-0.15, -0.1) is 0 Å². The lowest BCUT2D eigenvalue weighted by molar-refractivity contribution is -0.165. The number of ether oxygens (including phenoxy) is 1. The van der Waals surface area contributed by atoms with Crippen LogP contribution in [0, 0.1) is 11.8 Å². The number of piperidine rings is 1. The summed E-state index contributed by atoms with van der Waals surface area (Å²) in [5, 5.41) is 29.7. The van der Waals surface area contributed by atoms with Crippen molar-refractivity contribution < 1.29 is 48.5 Å². The number of benzene rings is 2. The first-order chi connectivity index (χ1) is 26.7. The Labute approximate surface area is 327 Å². The van der Waals surface area contributed by atoms with Crippen molar-refractivity contribution in [3.8, 4) is 0 Å². The molecule has 16 heteroatoms. The second kappa shape index (κ2) is 23.7. The molecule has 2 aromatic carbocycles. The largest absolute Gasteiger partial charge is 0.480 e. The van der Waals surface area contributed by atoms with Crippen LogP contribution in [0.4, 0.5) is 0 Å². The van der Waals surface area contributed by atoms with Crippen LogP contribution >= 0.6 is 0 Å². The maximum atomic E-state index is 14.0. The van der Waals surface area contributed by atoms with E-state index in [0.717, 1.165) is 11.1 Å². The molecular weight excluding hydrogens is 724 g/mol. The van der Waals surface area contributed by atoms with Gasteiger partial charge in [-0.05, 0) is 81.6 Å². The number of hydrogen-bond acceptors (Lipinski definition) is 11. The number of unbranched alkanes of at least 4 members (excludes halogenated alkanes) is 1. The van der Waals surface area contributed by atoms with Crippen LogP contribution < -0.4 is 27.0 Å². The van der Waals surface area contributed by atoms with E-state index >= 15 is 0 Å². The second-order valence-electron chi connectivity index (χ2n) is 14.6. The number of nitrogens with two attached hydrogens (primary N) is 1. The Hall–Kier alpha value is -5.19. The maximum Gasteiger partial charge on any atom is 0.336 e. The third-order valence-electron chi connectivity index (χ3n) is 9.30. The van der Waals surface area contributed by atoms with Gasteiger partial charge in [0.25, 0.3) is 0 Å². The summed E-state index contributed by atoms with van der Waals surface area (Å²) in [6.45, 7) is 3.94. The van der Waals surface area contributed by atoms with E-state index in [1.807, 2.05) is 50.2 Å². The molecule has 306 valence electrons. The highest BCUT2D eigenvalue weighted by molar-refractivity contribution is 5.96. The zero-order chi connectivity index (χ0) is 41.0. The van der Waals surface area contributed by atoms with Gasteiger partial charge in [0.1, 0.15) is 18.1 Å². The predicted octanol–water partition coefficient (Wildman–Crippen LogP) is 1.01. The zero-order valence-electron chi connectivity index (χ0n) is 32.1. The van der Waals surface area contributed by atoms with Gasteiger partial charge in [0, 0.05) is 6.42 Å². The summed E-state index contributed by atoms with van der Waals surface area (Å²) in [5.41, 5.74) is 7.84. The Morgan fingerprint density at radius 3 is 1.82 bits per heavy atom. The average Bonchev–Trinajstić information content (AvgIpc) is 3.15. The molecule has 0 saturated carbocycles. The maximum absolute atomic E-state index is 14.0. The fourth-order valence-corrected chi connectivity index (χ4v) is 6.39. The smallest absolute Gasteiger partial charge is 0.336 e. The highest BCUT2D eigenvalue weighted by atomic mass is 16.6. The summed E-state index contributed by atoms with van der Waals surface area (Å²) in [7, 11) is 0. The van der Waals surface area contributed by atoms with E-state index in [2.05, 4.69) is 21.3 Å². The highest BCUT2D eigenvalue weighted by Gasteiger charge is 2.33. The van der Waals surface area contributed by atoms with Crippen molar-refractivity contribution >= 4 is 41.6 Å². The van der Waals surface area contributed by atoms with E-state index in [0.29, 0.717) is 25.9 Å². The van der Waals surface area contributed by atoms with Crippen LogP contribution in [0.2, 0.25) is 0 Å². The SMILES string of the molecule is CC(C)C[C@@H](NC(=O)[C@@H](Cc1ccccc1)NC(=O)[C@H](N)Cc1ccccc1)C(=O)N[C@H](CCCCN(CC(=O)O)CC(=O)O)C(=O)OC(=O)C1CCNCC1. The molecule has 1 heterocycles. The number of aliphatic carboxylic acids is 2. The number of rotatable bonds is 23. The number of carbonyl (C=O) groups is 7. The molecule has 8 N–H and O–H groups in total. The first-order valence-electron chi connectivity index (χ1n) is 19.1. The Balaban J connectivity index is 1.78. The summed E-state index contributed by atoms with van der Waals surface area (Å²) < 4.78 is 5.26. The topological polar surface area (TPSA) is 247 Å². The number of carbonyl (C=O) groups excluding carboxylic acids is 5. The van der Waals surface area contributed by atoms with Crippen molar-refractivity contribution in [2.75, 3.05) is 32.7 Å². The third-order valence-corrected chi connectivity index (χ3v) is 9.30. The second-order valence-corrected chi connectivity index (χ2v) is 14.6. The van der Waals surface area contributed by atoms with Crippen molar-refractivity contribution in [3.63, 3.8) is 0 Å². The molecule has 1 aliphatic heterocycles. The van der Waals surface area contributed by atoms with Crippen molar-refractivity contribution in [2.45, 2.75) is 89.4 Å². The molecule has 0 aromatic heterocycles. The van der Waals surface area contributed by atoms with Crippen molar-refractivity contribution in [3.05, 3.63) is 71.8 Å². The first kappa shape index (κ1) is 45.2. The first-order valence-corrected chi connectivity index (χ1v) is 19.1. The van der Waals surface area contributed by atoms with Crippen molar-refractivity contribution in [1.82, 2.24) is 26.2 Å². The summed E-state index contributed by atoms with van der Waals surface area (Å²) in [6.07, 6.45) is 1.92. The number of nitrogens with zero attached hydrogens (tertiary/aromatic N) is 1. The standard InChI is InChI=1S/C40H56N6O10/c1-26(2)21-32(45-38(53)33(23-28-13-7-4-8-14-28)44-36(51)30(41)22-27-11-5-3-6-12-27)37(52)43-31(40(55)56-39(54)29-16-18-42-19-17-29)15-9-10-20-46(24-34(47)48)25-35(49)50/h3-8,11-14,26,29-33,42H,9-10,15-25,41H2,1-2H3,(H,43,52)(H,44,51)(H,45,53)(H,47,48)(H,49,50)/t30-,31-,32-,33-/m1/s1. The average molecular weight is 781 g/mol. The van der Waals surface area contributed by atoms with Crippen LogP contribution in [0.25, 0.3) is 0 Å². The summed E-state index contributed by atoms with van der Waals surface area (Å²) >= 11 is 0. The lowest BCUT2D eigenvalue weighted by Crippen LogP contribution is -2.58. The molecule has 1 fully saturated rings. The minimum absolute atomic E-state index is 0.0214. The van der Waals surface area contributed by atoms with Gasteiger partial charge in [0.05, 0.1) is 25.0 Å². The molecule has 3 rings (SSSR count). The molecule has 1 aliphatic rings. The molecule has 1 saturated heterocycles. The van der Waals surface area contributed by atoms with E-state index in [1.54, 1.807) is 24.3 Å². The van der Waals surface area contributed by atoms with Gasteiger partial charge in [-0.25, -0.2) is 4.79 Å². The molecule has 3 amide bonds. The number of amides is 3. The molecule has 0 spiro atoms. The minimum Gasteiger partial charge on any atom is -0.480 e. The van der Waals surface area contributed by atoms with Crippen LogP contribution in [0.5, 0.6) is 0 Å². The van der Waals surface area contributed by atoms with Gasteiger partial charge in [-0.3, -0.25) is 33.7 Å². The van der Waals surface area contributed by atoms with E-state index in [1.165, 1.54) is 4.90 Å². The molecular formula is C40H56N6O10. The molecule has 16 nitrogen and oxygen atoms in total. The van der Waals surface area contributed by atoms with E-state index in [9.17, 15) is 43.8 Å². The Morgan fingerprint density at radius 2 is 1.27 bits per heavy atom. The zero-order valence-corrected chi connectivity index (χ0v) is 32.1. The third kappa shape index (κ3) is 16.7. The summed E-state index contributed by atoms with van der Waals surface area (Å²) in [4.78, 5) is 91.3. The van der Waals surface area contributed by atoms with Gasteiger partial charge >= 0.3 is 23.9 Å². The van der Waals surface area contributed by atoms with Gasteiger partial charge < -0.3 is 42.0 Å². The van der Waals surface area contributed by atoms with E-state index in [4.69, 9.17) is 10.5 Å². The fourth-order valence-electron chi connectivity index (χ4n) is 6.39. The molecule has 56 heavy (non-hydrogen) atoms. The number of esters is 2. The van der Waals surface area contributed by atoms with Crippen LogP contribution in [-0.2, 0) is 51.1 Å². The van der Waals surface area contributed by atoms with Crippen LogP contribution in [-0.4, -0.2) is 114 Å². The van der Waals surface area contributed by atoms with Crippen LogP contribution in [0.15, 0.2) is 60.7 Å². The van der Waals surface area contributed by atoms with Gasteiger partial charge in [-0.2, -0.15) is 0 Å². The van der Waals surface area contributed by atoms with E-state index in [-0.39, 0.29) is 51.0 Å². The lowest BCUT2D eigenvalue weighted by Gasteiger charge is -2.27. The monoisotopic (exact) mass is 780 g/mol. The van der Waals surface area contributed by atoms with Gasteiger partial charge in [0.2, 0.25) is 17.7 Å². The Morgan fingerprint density at radius 1 is 0.750 bits per heavy atom. The Kier molecular flexibility index (Phi) is 19.1.